The van der Waals surface area contributed by atoms with Gasteiger partial charge in [0.05, 0.1) is 5.56 Å². The standard InChI is InChI=1S/C14H15N3OS/c1-16(2)10-5-7-11(8-6-10)17-9-3-4-12(13(15)18)14(17)19/h3-9H,1-2H3,(H2,15,18). The number of primary amides is 1. The Morgan fingerprint density at radius 3 is 2.37 bits per heavy atom. The molecule has 0 aliphatic heterocycles. The second kappa shape index (κ2) is 5.24. The van der Waals surface area contributed by atoms with E-state index in [1.807, 2.05) is 49.5 Å². The van der Waals surface area contributed by atoms with Crippen LogP contribution in [0.1, 0.15) is 10.4 Å². The Morgan fingerprint density at radius 2 is 1.84 bits per heavy atom. The number of carbonyl (C=O) groups excluding carboxylic acids is 1. The molecule has 1 heterocycles. The van der Waals surface area contributed by atoms with Crippen LogP contribution < -0.4 is 10.6 Å². The normalized spacial score (nSPS) is 10.2. The van der Waals surface area contributed by atoms with Gasteiger partial charge in [-0.25, -0.2) is 0 Å². The summed E-state index contributed by atoms with van der Waals surface area (Å²) in [5.41, 5.74) is 7.66. The fraction of sp³-hybridized carbons (Fsp3) is 0.143. The van der Waals surface area contributed by atoms with Gasteiger partial charge in [0.2, 0.25) is 0 Å². The van der Waals surface area contributed by atoms with Crippen LogP contribution in [0, 0.1) is 4.64 Å². The second-order valence-corrected chi connectivity index (χ2v) is 4.76. The van der Waals surface area contributed by atoms with E-state index in [9.17, 15) is 4.79 Å². The zero-order valence-corrected chi connectivity index (χ0v) is 11.6. The van der Waals surface area contributed by atoms with Crippen molar-refractivity contribution in [2.45, 2.75) is 0 Å². The van der Waals surface area contributed by atoms with E-state index in [2.05, 4.69) is 0 Å². The van der Waals surface area contributed by atoms with Crippen molar-refractivity contribution in [1.82, 2.24) is 4.57 Å². The van der Waals surface area contributed by atoms with E-state index >= 15 is 0 Å². The number of aromatic nitrogens is 1. The van der Waals surface area contributed by atoms with Crippen molar-refractivity contribution in [3.63, 3.8) is 0 Å². The molecule has 2 rings (SSSR count). The Balaban J connectivity index is 2.51. The minimum atomic E-state index is -0.510. The maximum absolute atomic E-state index is 11.3. The summed E-state index contributed by atoms with van der Waals surface area (Å²) >= 11 is 5.29. The molecule has 0 saturated heterocycles. The fourth-order valence-corrected chi connectivity index (χ4v) is 2.13. The van der Waals surface area contributed by atoms with Crippen LogP contribution in [0.4, 0.5) is 5.69 Å². The maximum Gasteiger partial charge on any atom is 0.251 e. The Kier molecular flexibility index (Phi) is 3.66. The molecule has 5 heteroatoms. The zero-order valence-electron chi connectivity index (χ0n) is 10.8. The molecule has 0 aliphatic rings. The van der Waals surface area contributed by atoms with Gasteiger partial charge in [-0.15, -0.1) is 0 Å². The number of hydrogen-bond donors (Lipinski definition) is 1. The van der Waals surface area contributed by atoms with Crippen LogP contribution in [0.15, 0.2) is 42.6 Å². The number of benzene rings is 1. The van der Waals surface area contributed by atoms with Crippen molar-refractivity contribution in [2.24, 2.45) is 5.73 Å². The smallest absolute Gasteiger partial charge is 0.251 e. The van der Waals surface area contributed by atoms with Crippen LogP contribution in [0.3, 0.4) is 0 Å². The van der Waals surface area contributed by atoms with E-state index in [-0.39, 0.29) is 0 Å². The van der Waals surface area contributed by atoms with Gasteiger partial charge >= 0.3 is 0 Å². The quantitative estimate of drug-likeness (QED) is 0.874. The third kappa shape index (κ3) is 2.66. The lowest BCUT2D eigenvalue weighted by atomic mass is 10.2. The molecule has 98 valence electrons. The average Bonchev–Trinajstić information content (AvgIpc) is 2.38. The van der Waals surface area contributed by atoms with Gasteiger partial charge in [-0.1, -0.05) is 12.2 Å². The molecule has 0 unspecified atom stereocenters. The van der Waals surface area contributed by atoms with Gasteiger partial charge in [-0.2, -0.15) is 0 Å². The summed E-state index contributed by atoms with van der Waals surface area (Å²) in [6.07, 6.45) is 1.82. The van der Waals surface area contributed by atoms with Gasteiger partial charge < -0.3 is 15.2 Å². The number of anilines is 1. The lowest BCUT2D eigenvalue weighted by Crippen LogP contribution is -2.14. The highest BCUT2D eigenvalue weighted by Gasteiger charge is 2.06. The van der Waals surface area contributed by atoms with E-state index < -0.39 is 5.91 Å². The van der Waals surface area contributed by atoms with E-state index in [0.29, 0.717) is 10.2 Å². The van der Waals surface area contributed by atoms with Gasteiger partial charge in [0.15, 0.2) is 0 Å². The molecule has 1 amide bonds. The highest BCUT2D eigenvalue weighted by molar-refractivity contribution is 7.71. The van der Waals surface area contributed by atoms with Gasteiger partial charge in [-0.05, 0) is 36.4 Å². The molecule has 0 spiro atoms. The first-order valence-corrected chi connectivity index (χ1v) is 6.21. The van der Waals surface area contributed by atoms with Crippen LogP contribution in [0.25, 0.3) is 5.69 Å². The summed E-state index contributed by atoms with van der Waals surface area (Å²) in [6, 6.07) is 11.3. The topological polar surface area (TPSA) is 51.3 Å². The third-order valence-electron chi connectivity index (χ3n) is 2.86. The van der Waals surface area contributed by atoms with Gasteiger partial charge in [0, 0.05) is 31.7 Å². The van der Waals surface area contributed by atoms with Crippen molar-refractivity contribution in [2.75, 3.05) is 19.0 Å². The van der Waals surface area contributed by atoms with E-state index in [0.717, 1.165) is 11.4 Å². The molecule has 1 aromatic carbocycles. The summed E-state index contributed by atoms with van der Waals surface area (Å²) in [6.45, 7) is 0. The van der Waals surface area contributed by atoms with Crippen LogP contribution in [0.5, 0.6) is 0 Å². The molecule has 2 aromatic rings. The van der Waals surface area contributed by atoms with Crippen molar-refractivity contribution in [1.29, 1.82) is 0 Å². The molecule has 0 atom stereocenters. The van der Waals surface area contributed by atoms with Gasteiger partial charge in [0.1, 0.15) is 4.64 Å². The van der Waals surface area contributed by atoms with E-state index in [4.69, 9.17) is 18.0 Å². The Labute approximate surface area is 117 Å². The molecule has 0 saturated carbocycles. The fourth-order valence-electron chi connectivity index (χ4n) is 1.80. The lowest BCUT2D eigenvalue weighted by molar-refractivity contribution is 0.0999. The summed E-state index contributed by atoms with van der Waals surface area (Å²) in [5.74, 6) is -0.510. The summed E-state index contributed by atoms with van der Waals surface area (Å²) < 4.78 is 2.20. The number of hydrogen-bond acceptors (Lipinski definition) is 3. The zero-order chi connectivity index (χ0) is 14.0. The number of carbonyl (C=O) groups is 1. The maximum atomic E-state index is 11.3. The molecule has 19 heavy (non-hydrogen) atoms. The molecule has 4 nitrogen and oxygen atoms in total. The highest BCUT2D eigenvalue weighted by atomic mass is 32.1. The first kappa shape index (κ1) is 13.3. The van der Waals surface area contributed by atoms with Gasteiger partial charge in [-0.3, -0.25) is 4.79 Å². The summed E-state index contributed by atoms with van der Waals surface area (Å²) in [4.78, 5) is 13.3. The first-order chi connectivity index (χ1) is 9.00. The number of amides is 1. The molecular formula is C14H15N3OS. The SMILES string of the molecule is CN(C)c1ccc(-n2cccc(C(N)=O)c2=S)cc1. The minimum absolute atomic E-state index is 0.356. The largest absolute Gasteiger partial charge is 0.378 e. The second-order valence-electron chi connectivity index (χ2n) is 4.37. The number of pyridine rings is 1. The van der Waals surface area contributed by atoms with Crippen LogP contribution in [-0.2, 0) is 0 Å². The summed E-state index contributed by atoms with van der Waals surface area (Å²) in [5, 5.41) is 0. The Hall–Kier alpha value is -2.14. The molecule has 1 aromatic heterocycles. The monoisotopic (exact) mass is 273 g/mol. The van der Waals surface area contributed by atoms with Crippen LogP contribution >= 0.6 is 12.2 Å². The van der Waals surface area contributed by atoms with Crippen molar-refractivity contribution < 1.29 is 4.79 Å². The van der Waals surface area contributed by atoms with Crippen molar-refractivity contribution in [3.8, 4) is 5.69 Å². The molecule has 2 N–H and O–H groups in total. The van der Waals surface area contributed by atoms with Crippen molar-refractivity contribution in [3.05, 3.63) is 52.8 Å². The number of rotatable bonds is 3. The third-order valence-corrected chi connectivity index (χ3v) is 3.27. The predicted molar refractivity (Wildman–Crippen MR) is 79.4 cm³/mol. The summed E-state index contributed by atoms with van der Waals surface area (Å²) in [7, 11) is 3.96. The van der Waals surface area contributed by atoms with E-state index in [1.54, 1.807) is 16.7 Å². The minimum Gasteiger partial charge on any atom is -0.378 e. The van der Waals surface area contributed by atoms with E-state index in [1.165, 1.54) is 0 Å². The van der Waals surface area contributed by atoms with Crippen LogP contribution in [0.2, 0.25) is 0 Å². The Bertz CT molecular complexity index is 659. The average molecular weight is 273 g/mol. The van der Waals surface area contributed by atoms with Gasteiger partial charge in [0.25, 0.3) is 5.91 Å². The Morgan fingerprint density at radius 1 is 1.21 bits per heavy atom. The van der Waals surface area contributed by atoms with Crippen LogP contribution in [-0.4, -0.2) is 24.6 Å². The molecule has 0 aliphatic carbocycles. The van der Waals surface area contributed by atoms with Crippen molar-refractivity contribution >= 4 is 23.8 Å². The molecular weight excluding hydrogens is 258 g/mol. The predicted octanol–water partition coefficient (Wildman–Crippen LogP) is 2.37. The number of nitrogens with zero attached hydrogens (tertiary/aromatic N) is 2. The molecule has 0 bridgehead atoms. The number of nitrogens with two attached hydrogens (primary N) is 1. The lowest BCUT2D eigenvalue weighted by Gasteiger charge is -2.14. The molecule has 0 radical (unpaired) electrons. The highest BCUT2D eigenvalue weighted by Crippen LogP contribution is 2.16. The molecule has 0 fully saturated rings. The first-order valence-electron chi connectivity index (χ1n) is 5.80.